The van der Waals surface area contributed by atoms with Gasteiger partial charge in [-0.15, -0.1) is 12.4 Å². The van der Waals surface area contributed by atoms with Crippen LogP contribution >= 0.6 is 12.4 Å². The van der Waals surface area contributed by atoms with Gasteiger partial charge >= 0.3 is 0 Å². The summed E-state index contributed by atoms with van der Waals surface area (Å²) in [4.78, 5) is 20.6. The minimum atomic E-state index is -0.121. The van der Waals surface area contributed by atoms with Crippen LogP contribution in [-0.4, -0.2) is 24.9 Å². The number of piperazine rings is 1. The first-order chi connectivity index (χ1) is 3.79. The van der Waals surface area contributed by atoms with Crippen LogP contribution in [0.4, 0.5) is 0 Å². The fraction of sp³-hybridized carbons (Fsp3) is 0.500. The van der Waals surface area contributed by atoms with Gasteiger partial charge in [0.05, 0.1) is 13.1 Å². The lowest BCUT2D eigenvalue weighted by Gasteiger charge is -2.10. The van der Waals surface area contributed by atoms with E-state index in [0.717, 1.165) is 0 Å². The molecule has 52 valence electrons. The van der Waals surface area contributed by atoms with Crippen molar-refractivity contribution in [1.29, 1.82) is 0 Å². The smallest absolute Gasteiger partial charge is 0.239 e. The van der Waals surface area contributed by atoms with Crippen molar-refractivity contribution in [2.24, 2.45) is 0 Å². The lowest BCUT2D eigenvalue weighted by atomic mass is 10.4. The molecule has 1 saturated heterocycles. The van der Waals surface area contributed by atoms with Gasteiger partial charge in [-0.3, -0.25) is 9.59 Å². The molecule has 0 aromatic rings. The summed E-state index contributed by atoms with van der Waals surface area (Å²) in [5.41, 5.74) is 0. The molecule has 0 aliphatic carbocycles. The Morgan fingerprint density at radius 1 is 1.00 bits per heavy atom. The van der Waals surface area contributed by atoms with E-state index in [1.54, 1.807) is 0 Å². The van der Waals surface area contributed by atoms with E-state index in [-0.39, 0.29) is 37.3 Å². The van der Waals surface area contributed by atoms with Gasteiger partial charge in [0, 0.05) is 0 Å². The first kappa shape index (κ1) is 8.23. The monoisotopic (exact) mass is 150 g/mol. The van der Waals surface area contributed by atoms with Crippen LogP contribution in [0.1, 0.15) is 0 Å². The van der Waals surface area contributed by atoms with Crippen molar-refractivity contribution in [3.05, 3.63) is 0 Å². The summed E-state index contributed by atoms with van der Waals surface area (Å²) in [5, 5.41) is 4.76. The van der Waals surface area contributed by atoms with Gasteiger partial charge in [0.15, 0.2) is 0 Å². The number of carbonyl (C=O) groups excluding carboxylic acids is 2. The second-order valence-corrected chi connectivity index (χ2v) is 1.55. The third-order valence-electron chi connectivity index (χ3n) is 0.892. The summed E-state index contributed by atoms with van der Waals surface area (Å²) < 4.78 is 0. The molecule has 1 heterocycles. The van der Waals surface area contributed by atoms with E-state index in [0.29, 0.717) is 0 Å². The van der Waals surface area contributed by atoms with Crippen molar-refractivity contribution in [2.45, 2.75) is 0 Å². The highest BCUT2D eigenvalue weighted by Crippen LogP contribution is 1.72. The highest BCUT2D eigenvalue weighted by molar-refractivity contribution is 5.92. The Morgan fingerprint density at radius 2 is 1.33 bits per heavy atom. The van der Waals surface area contributed by atoms with Crippen molar-refractivity contribution in [1.82, 2.24) is 10.6 Å². The van der Waals surface area contributed by atoms with Gasteiger partial charge < -0.3 is 10.6 Å². The minimum Gasteiger partial charge on any atom is -0.346 e. The molecule has 9 heavy (non-hydrogen) atoms. The Morgan fingerprint density at radius 3 is 1.56 bits per heavy atom. The van der Waals surface area contributed by atoms with Crippen LogP contribution in [0.25, 0.3) is 0 Å². The highest BCUT2D eigenvalue weighted by atomic mass is 35.5. The molecule has 0 atom stereocenters. The molecule has 0 radical (unpaired) electrons. The lowest BCUT2D eigenvalue weighted by molar-refractivity contribution is -0.130. The van der Waals surface area contributed by atoms with Gasteiger partial charge in [0.2, 0.25) is 11.8 Å². The molecule has 0 aromatic heterocycles. The SMILES string of the molecule is Cl.O=C1CNC(=O)CN1. The van der Waals surface area contributed by atoms with Crippen LogP contribution < -0.4 is 10.6 Å². The molecule has 0 spiro atoms. The number of rotatable bonds is 0. The minimum absolute atomic E-state index is 0. The third-order valence-corrected chi connectivity index (χ3v) is 0.892. The standard InChI is InChI=1S/C4H6N2O2.ClH/c7-3-1-5-4(8)2-6-3;/h1-2H2,(H,5,8)(H,6,7);1H. The largest absolute Gasteiger partial charge is 0.346 e. The molecular weight excluding hydrogens is 144 g/mol. The molecule has 5 heteroatoms. The van der Waals surface area contributed by atoms with Crippen LogP contribution in [0.2, 0.25) is 0 Å². The summed E-state index contributed by atoms with van der Waals surface area (Å²) >= 11 is 0. The molecule has 4 nitrogen and oxygen atoms in total. The molecule has 1 fully saturated rings. The molecule has 1 aliphatic heterocycles. The molecule has 1 rings (SSSR count). The van der Waals surface area contributed by atoms with Crippen LogP contribution in [0, 0.1) is 0 Å². The average molecular weight is 151 g/mol. The number of amides is 2. The zero-order valence-corrected chi connectivity index (χ0v) is 5.46. The summed E-state index contributed by atoms with van der Waals surface area (Å²) in [6, 6.07) is 0. The Balaban J connectivity index is 0.000000640. The maximum Gasteiger partial charge on any atom is 0.239 e. The second kappa shape index (κ2) is 3.29. The van der Waals surface area contributed by atoms with E-state index < -0.39 is 0 Å². The molecule has 0 aromatic carbocycles. The number of halogens is 1. The second-order valence-electron chi connectivity index (χ2n) is 1.55. The number of nitrogens with one attached hydrogen (secondary N) is 2. The molecular formula is C4H7ClN2O2. The number of hydrogen-bond acceptors (Lipinski definition) is 2. The van der Waals surface area contributed by atoms with Crippen LogP contribution in [0.5, 0.6) is 0 Å². The summed E-state index contributed by atoms with van der Waals surface area (Å²) in [5.74, 6) is -0.241. The van der Waals surface area contributed by atoms with Gasteiger partial charge in [0.1, 0.15) is 0 Å². The number of hydrogen-bond donors (Lipinski definition) is 2. The average Bonchev–Trinajstić information content (AvgIpc) is 1.77. The molecule has 1 aliphatic rings. The van der Waals surface area contributed by atoms with E-state index in [1.807, 2.05) is 0 Å². The van der Waals surface area contributed by atoms with Gasteiger partial charge in [-0.25, -0.2) is 0 Å². The van der Waals surface area contributed by atoms with Gasteiger partial charge in [-0.2, -0.15) is 0 Å². The molecule has 0 bridgehead atoms. The van der Waals surface area contributed by atoms with E-state index in [2.05, 4.69) is 10.6 Å². The van der Waals surface area contributed by atoms with Crippen molar-refractivity contribution in [3.8, 4) is 0 Å². The predicted octanol–water partition coefficient (Wildman–Crippen LogP) is -1.35. The predicted molar refractivity (Wildman–Crippen MR) is 33.3 cm³/mol. The fourth-order valence-corrected chi connectivity index (χ4v) is 0.483. The molecule has 2 amide bonds. The first-order valence-corrected chi connectivity index (χ1v) is 2.32. The van der Waals surface area contributed by atoms with Gasteiger partial charge in [-0.05, 0) is 0 Å². The number of carbonyl (C=O) groups is 2. The van der Waals surface area contributed by atoms with Gasteiger partial charge in [0.25, 0.3) is 0 Å². The molecule has 0 saturated carbocycles. The summed E-state index contributed by atoms with van der Waals surface area (Å²) in [7, 11) is 0. The van der Waals surface area contributed by atoms with Crippen molar-refractivity contribution in [2.75, 3.05) is 13.1 Å². The summed E-state index contributed by atoms with van der Waals surface area (Å²) in [6.45, 7) is 0.248. The zero-order chi connectivity index (χ0) is 5.98. The van der Waals surface area contributed by atoms with E-state index in [9.17, 15) is 9.59 Å². The van der Waals surface area contributed by atoms with E-state index in [4.69, 9.17) is 0 Å². The third kappa shape index (κ3) is 2.32. The Kier molecular flexibility index (Phi) is 3.01. The Bertz CT molecular complexity index is 109. The normalized spacial score (nSPS) is 17.3. The maximum absolute atomic E-state index is 10.3. The van der Waals surface area contributed by atoms with Gasteiger partial charge in [-0.1, -0.05) is 0 Å². The zero-order valence-electron chi connectivity index (χ0n) is 4.64. The van der Waals surface area contributed by atoms with E-state index in [1.165, 1.54) is 0 Å². The van der Waals surface area contributed by atoms with E-state index >= 15 is 0 Å². The Labute approximate surface area is 58.4 Å². The van der Waals surface area contributed by atoms with Crippen molar-refractivity contribution >= 4 is 24.2 Å². The van der Waals surface area contributed by atoms with Crippen LogP contribution in [-0.2, 0) is 9.59 Å². The van der Waals surface area contributed by atoms with Crippen LogP contribution in [0.3, 0.4) is 0 Å². The quantitative estimate of drug-likeness (QED) is 0.449. The highest BCUT2D eigenvalue weighted by Gasteiger charge is 2.11. The van der Waals surface area contributed by atoms with Crippen molar-refractivity contribution < 1.29 is 9.59 Å². The van der Waals surface area contributed by atoms with Crippen LogP contribution in [0.15, 0.2) is 0 Å². The summed E-state index contributed by atoms with van der Waals surface area (Å²) in [6.07, 6.45) is 0. The van der Waals surface area contributed by atoms with Crippen molar-refractivity contribution in [3.63, 3.8) is 0 Å². The first-order valence-electron chi connectivity index (χ1n) is 2.32. The maximum atomic E-state index is 10.3. The topological polar surface area (TPSA) is 58.2 Å². The fourth-order valence-electron chi connectivity index (χ4n) is 0.483. The lowest BCUT2D eigenvalue weighted by Crippen LogP contribution is -2.48. The molecule has 2 N–H and O–H groups in total. The Hall–Kier alpha value is -0.770. The molecule has 0 unspecified atom stereocenters.